The molecule has 0 aliphatic heterocycles. The molecule has 28 heavy (non-hydrogen) atoms. The summed E-state index contributed by atoms with van der Waals surface area (Å²) in [7, 11) is 1.38. The number of nitrogens with one attached hydrogen (secondary N) is 1. The molecule has 0 atom stereocenters. The molecule has 0 spiro atoms. The van der Waals surface area contributed by atoms with Gasteiger partial charge >= 0.3 is 5.97 Å². The molecule has 1 amide bonds. The van der Waals surface area contributed by atoms with E-state index in [2.05, 4.69) is 0 Å². The van der Waals surface area contributed by atoms with Crippen molar-refractivity contribution >= 4 is 29.2 Å². The summed E-state index contributed by atoms with van der Waals surface area (Å²) in [5.74, 6) is -3.15. The van der Waals surface area contributed by atoms with E-state index in [-0.39, 0.29) is 22.1 Å². The first-order chi connectivity index (χ1) is 13.4. The molecule has 150 valence electrons. The second kappa shape index (κ2) is 9.89. The lowest BCUT2D eigenvalue weighted by molar-refractivity contribution is -0.119. The quantitative estimate of drug-likeness (QED) is 0.656. The number of amides is 1. The van der Waals surface area contributed by atoms with Crippen molar-refractivity contribution < 1.29 is 32.6 Å². The van der Waals surface area contributed by atoms with Crippen molar-refractivity contribution in [2.45, 2.75) is 13.3 Å². The van der Waals surface area contributed by atoms with E-state index in [9.17, 15) is 18.4 Å². The van der Waals surface area contributed by atoms with Crippen LogP contribution in [0, 0.1) is 11.6 Å². The molecule has 0 radical (unpaired) electrons. The summed E-state index contributed by atoms with van der Waals surface area (Å²) in [6.07, 6.45) is 0.751. The fraction of sp³-hybridized carbons (Fsp3) is 0.263. The predicted octanol–water partition coefficient (Wildman–Crippen LogP) is 4.21. The van der Waals surface area contributed by atoms with Gasteiger partial charge in [0.25, 0.3) is 5.91 Å². The number of halogens is 3. The van der Waals surface area contributed by atoms with Gasteiger partial charge in [-0.3, -0.25) is 4.79 Å². The standard InChI is InChI=1S/C19H18ClF2NO5/c1-3-7-27-18-12(20)8-11(9-15(18)26-2)19(25)28-10-16(24)23-17-13(21)5-4-6-14(17)22/h4-6,8-9H,3,7,10H2,1-2H3,(H,23,24). The molecular weight excluding hydrogens is 396 g/mol. The average Bonchev–Trinajstić information content (AvgIpc) is 2.67. The summed E-state index contributed by atoms with van der Waals surface area (Å²) in [5.41, 5.74) is -0.596. The van der Waals surface area contributed by atoms with E-state index in [0.29, 0.717) is 6.61 Å². The zero-order valence-electron chi connectivity index (χ0n) is 15.2. The third-order valence-electron chi connectivity index (χ3n) is 3.48. The molecule has 0 bridgehead atoms. The molecule has 2 rings (SSSR count). The largest absolute Gasteiger partial charge is 0.493 e. The first-order valence-corrected chi connectivity index (χ1v) is 8.66. The lowest BCUT2D eigenvalue weighted by Crippen LogP contribution is -2.22. The minimum absolute atomic E-state index is 0.0237. The van der Waals surface area contributed by atoms with Gasteiger partial charge in [0.2, 0.25) is 0 Å². The van der Waals surface area contributed by atoms with Crippen LogP contribution in [0.3, 0.4) is 0 Å². The van der Waals surface area contributed by atoms with Crippen molar-refractivity contribution in [2.75, 3.05) is 25.6 Å². The molecule has 6 nitrogen and oxygen atoms in total. The van der Waals surface area contributed by atoms with Gasteiger partial charge in [0.15, 0.2) is 18.1 Å². The molecule has 1 N–H and O–H groups in total. The maximum absolute atomic E-state index is 13.5. The number of carbonyl (C=O) groups excluding carboxylic acids is 2. The van der Waals surface area contributed by atoms with Crippen LogP contribution in [0.15, 0.2) is 30.3 Å². The number of methoxy groups -OCH3 is 1. The summed E-state index contributed by atoms with van der Waals surface area (Å²) in [6.45, 7) is 1.58. The van der Waals surface area contributed by atoms with Crippen molar-refractivity contribution in [3.8, 4) is 11.5 Å². The molecule has 9 heteroatoms. The molecule has 0 heterocycles. The minimum Gasteiger partial charge on any atom is -0.493 e. The summed E-state index contributed by atoms with van der Waals surface area (Å²) in [6, 6.07) is 5.80. The van der Waals surface area contributed by atoms with E-state index in [1.54, 1.807) is 0 Å². The highest BCUT2D eigenvalue weighted by molar-refractivity contribution is 6.32. The molecule has 2 aromatic carbocycles. The molecule has 2 aromatic rings. The van der Waals surface area contributed by atoms with E-state index in [0.717, 1.165) is 24.6 Å². The smallest absolute Gasteiger partial charge is 0.338 e. The minimum atomic E-state index is -0.945. The molecule has 0 aliphatic rings. The Morgan fingerprint density at radius 2 is 1.86 bits per heavy atom. The number of carbonyl (C=O) groups is 2. The van der Waals surface area contributed by atoms with Gasteiger partial charge < -0.3 is 19.5 Å². The van der Waals surface area contributed by atoms with Gasteiger partial charge in [-0.15, -0.1) is 0 Å². The number of ether oxygens (including phenoxy) is 3. The molecule has 0 aromatic heterocycles. The molecule has 0 fully saturated rings. The predicted molar refractivity (Wildman–Crippen MR) is 99.1 cm³/mol. The van der Waals surface area contributed by atoms with Crippen LogP contribution >= 0.6 is 11.6 Å². The second-order valence-electron chi connectivity index (χ2n) is 5.56. The second-order valence-corrected chi connectivity index (χ2v) is 5.97. The van der Waals surface area contributed by atoms with E-state index < -0.39 is 35.8 Å². The Hall–Kier alpha value is -2.87. The van der Waals surface area contributed by atoms with Crippen LogP contribution in [-0.4, -0.2) is 32.2 Å². The lowest BCUT2D eigenvalue weighted by Gasteiger charge is -2.13. The Morgan fingerprint density at radius 1 is 1.18 bits per heavy atom. The van der Waals surface area contributed by atoms with E-state index in [1.165, 1.54) is 19.2 Å². The topological polar surface area (TPSA) is 73.9 Å². The molecule has 0 saturated carbocycles. The number of esters is 1. The van der Waals surface area contributed by atoms with Gasteiger partial charge in [-0.25, -0.2) is 13.6 Å². The van der Waals surface area contributed by atoms with Crippen molar-refractivity contribution in [3.63, 3.8) is 0 Å². The maximum atomic E-state index is 13.5. The van der Waals surface area contributed by atoms with Crippen LogP contribution in [0.1, 0.15) is 23.7 Å². The fourth-order valence-electron chi connectivity index (χ4n) is 2.19. The van der Waals surface area contributed by atoms with Crippen molar-refractivity contribution in [1.29, 1.82) is 0 Å². The Kier molecular flexibility index (Phi) is 7.57. The highest BCUT2D eigenvalue weighted by Crippen LogP contribution is 2.36. The van der Waals surface area contributed by atoms with Crippen molar-refractivity contribution in [1.82, 2.24) is 0 Å². The number of hydrogen-bond donors (Lipinski definition) is 1. The monoisotopic (exact) mass is 413 g/mol. The van der Waals surface area contributed by atoms with Gasteiger partial charge in [-0.2, -0.15) is 0 Å². The Balaban J connectivity index is 2.04. The highest BCUT2D eigenvalue weighted by atomic mass is 35.5. The van der Waals surface area contributed by atoms with Crippen LogP contribution in [0.2, 0.25) is 5.02 Å². The van der Waals surface area contributed by atoms with E-state index in [1.807, 2.05) is 12.2 Å². The number of benzene rings is 2. The number of hydrogen-bond acceptors (Lipinski definition) is 5. The number of anilines is 1. The Morgan fingerprint density at radius 3 is 2.46 bits per heavy atom. The van der Waals surface area contributed by atoms with Crippen molar-refractivity contribution in [3.05, 3.63) is 52.6 Å². The summed E-state index contributed by atoms with van der Waals surface area (Å²) >= 11 is 6.12. The molecule has 0 saturated heterocycles. The normalized spacial score (nSPS) is 10.3. The van der Waals surface area contributed by atoms with Crippen molar-refractivity contribution in [2.24, 2.45) is 0 Å². The van der Waals surface area contributed by atoms with Crippen LogP contribution in [0.25, 0.3) is 0 Å². The lowest BCUT2D eigenvalue weighted by atomic mass is 10.2. The van der Waals surface area contributed by atoms with E-state index in [4.69, 9.17) is 25.8 Å². The first-order valence-electron chi connectivity index (χ1n) is 8.28. The SMILES string of the molecule is CCCOc1c(Cl)cc(C(=O)OCC(=O)Nc2c(F)cccc2F)cc1OC. The highest BCUT2D eigenvalue weighted by Gasteiger charge is 2.18. The zero-order chi connectivity index (χ0) is 20.7. The van der Waals surface area contributed by atoms with Crippen LogP contribution in [-0.2, 0) is 9.53 Å². The molecule has 0 unspecified atom stereocenters. The third-order valence-corrected chi connectivity index (χ3v) is 3.76. The van der Waals surface area contributed by atoms with Gasteiger partial charge in [0, 0.05) is 0 Å². The fourth-order valence-corrected chi connectivity index (χ4v) is 2.45. The zero-order valence-corrected chi connectivity index (χ0v) is 15.9. The molecular formula is C19H18ClF2NO5. The molecule has 0 aliphatic carbocycles. The first kappa shape index (κ1) is 21.4. The summed E-state index contributed by atoms with van der Waals surface area (Å²) in [4.78, 5) is 24.0. The third kappa shape index (κ3) is 5.32. The Labute approximate surface area is 165 Å². The van der Waals surface area contributed by atoms with Crippen LogP contribution in [0.5, 0.6) is 11.5 Å². The van der Waals surface area contributed by atoms with Gasteiger partial charge in [0.05, 0.1) is 24.3 Å². The summed E-state index contributed by atoms with van der Waals surface area (Å²) in [5, 5.41) is 2.15. The van der Waals surface area contributed by atoms with Crippen LogP contribution in [0.4, 0.5) is 14.5 Å². The van der Waals surface area contributed by atoms with Gasteiger partial charge in [-0.05, 0) is 30.7 Å². The number of rotatable bonds is 8. The summed E-state index contributed by atoms with van der Waals surface area (Å²) < 4.78 is 42.6. The van der Waals surface area contributed by atoms with Gasteiger partial charge in [-0.1, -0.05) is 24.6 Å². The van der Waals surface area contributed by atoms with Crippen LogP contribution < -0.4 is 14.8 Å². The number of para-hydroxylation sites is 1. The Bertz CT molecular complexity index is 855. The van der Waals surface area contributed by atoms with E-state index >= 15 is 0 Å². The van der Waals surface area contributed by atoms with Gasteiger partial charge in [0.1, 0.15) is 17.3 Å². The maximum Gasteiger partial charge on any atom is 0.338 e. The average molecular weight is 414 g/mol.